The average Bonchev–Trinajstić information content (AvgIpc) is 3.05. The van der Waals surface area contributed by atoms with Gasteiger partial charge in [-0.1, -0.05) is 18.9 Å². The molecule has 1 amide bonds. The molecule has 3 nitrogen and oxygen atoms in total. The highest BCUT2D eigenvalue weighted by Gasteiger charge is 2.25. The van der Waals surface area contributed by atoms with Crippen LogP contribution in [0.4, 0.5) is 8.78 Å². The van der Waals surface area contributed by atoms with Gasteiger partial charge < -0.3 is 5.32 Å². The number of amides is 1. The number of aliphatic imine (C=N–C) groups is 1. The summed E-state index contributed by atoms with van der Waals surface area (Å²) in [6.07, 6.45) is 6.01. The molecule has 3 rings (SSSR count). The van der Waals surface area contributed by atoms with Gasteiger partial charge >= 0.3 is 0 Å². The fraction of sp³-hybridized carbons (Fsp3) is 0.333. The van der Waals surface area contributed by atoms with Crippen molar-refractivity contribution in [1.29, 1.82) is 0 Å². The molecule has 1 aromatic carbocycles. The summed E-state index contributed by atoms with van der Waals surface area (Å²) in [5, 5.41) is 3.31. The van der Waals surface area contributed by atoms with Gasteiger partial charge in [-0.05, 0) is 48.4 Å². The summed E-state index contributed by atoms with van der Waals surface area (Å²) < 4.78 is 26.0. The highest BCUT2D eigenvalue weighted by atomic mass is 32.2. The second-order valence-corrected chi connectivity index (χ2v) is 6.14. The largest absolute Gasteiger partial charge is 0.301 e. The van der Waals surface area contributed by atoms with Crippen LogP contribution in [0, 0.1) is 11.6 Å². The Labute approximate surface area is 125 Å². The molecule has 2 fully saturated rings. The van der Waals surface area contributed by atoms with Crippen molar-refractivity contribution in [1.82, 2.24) is 5.32 Å². The van der Waals surface area contributed by atoms with Crippen LogP contribution >= 0.6 is 11.8 Å². The van der Waals surface area contributed by atoms with E-state index in [0.29, 0.717) is 15.6 Å². The topological polar surface area (TPSA) is 41.5 Å². The predicted molar refractivity (Wildman–Crippen MR) is 79.8 cm³/mol. The molecule has 2 aliphatic rings. The van der Waals surface area contributed by atoms with E-state index in [1.807, 2.05) is 0 Å². The number of amidine groups is 1. The van der Waals surface area contributed by atoms with E-state index in [0.717, 1.165) is 25.0 Å². The van der Waals surface area contributed by atoms with Crippen LogP contribution in [-0.4, -0.2) is 17.1 Å². The minimum atomic E-state index is -0.924. The van der Waals surface area contributed by atoms with Crippen molar-refractivity contribution in [3.05, 3.63) is 40.3 Å². The molecule has 1 aliphatic carbocycles. The Kier molecular flexibility index (Phi) is 4.05. The van der Waals surface area contributed by atoms with Crippen LogP contribution in [0.25, 0.3) is 6.08 Å². The van der Waals surface area contributed by atoms with E-state index in [1.165, 1.54) is 30.7 Å². The monoisotopic (exact) mass is 308 g/mol. The molecule has 21 heavy (non-hydrogen) atoms. The maximum absolute atomic E-state index is 13.2. The van der Waals surface area contributed by atoms with Crippen LogP contribution in [0.2, 0.25) is 0 Å². The third-order valence-electron chi connectivity index (χ3n) is 3.52. The van der Waals surface area contributed by atoms with Crippen molar-refractivity contribution >= 4 is 28.9 Å². The number of thioether (sulfide) groups is 1. The van der Waals surface area contributed by atoms with Crippen LogP contribution in [0.1, 0.15) is 31.2 Å². The fourth-order valence-electron chi connectivity index (χ4n) is 2.44. The third-order valence-corrected chi connectivity index (χ3v) is 4.44. The number of halogens is 2. The summed E-state index contributed by atoms with van der Waals surface area (Å²) in [5.41, 5.74) is 0.452. The van der Waals surface area contributed by atoms with Crippen molar-refractivity contribution < 1.29 is 13.6 Å². The zero-order valence-corrected chi connectivity index (χ0v) is 12.1. The van der Waals surface area contributed by atoms with Gasteiger partial charge in [0, 0.05) is 0 Å². The summed E-state index contributed by atoms with van der Waals surface area (Å²) in [7, 11) is 0. The van der Waals surface area contributed by atoms with E-state index in [9.17, 15) is 13.6 Å². The van der Waals surface area contributed by atoms with Gasteiger partial charge in [0.2, 0.25) is 0 Å². The van der Waals surface area contributed by atoms with E-state index in [1.54, 1.807) is 6.08 Å². The lowest BCUT2D eigenvalue weighted by atomic mass is 10.2. The molecule has 6 heteroatoms. The normalized spacial score (nSPS) is 23.2. The van der Waals surface area contributed by atoms with Crippen LogP contribution in [0.5, 0.6) is 0 Å². The molecule has 0 unspecified atom stereocenters. The summed E-state index contributed by atoms with van der Waals surface area (Å²) in [4.78, 5) is 16.8. The van der Waals surface area contributed by atoms with Crippen molar-refractivity contribution in [2.75, 3.05) is 0 Å². The number of hydrogen-bond donors (Lipinski definition) is 1. The lowest BCUT2D eigenvalue weighted by Crippen LogP contribution is -2.21. The first-order valence-electron chi connectivity index (χ1n) is 6.85. The van der Waals surface area contributed by atoms with Gasteiger partial charge in [0.1, 0.15) is 0 Å². The van der Waals surface area contributed by atoms with Gasteiger partial charge in [-0.15, -0.1) is 0 Å². The molecule has 1 heterocycles. The zero-order valence-electron chi connectivity index (χ0n) is 11.2. The van der Waals surface area contributed by atoms with Gasteiger partial charge in [0.15, 0.2) is 16.8 Å². The average molecular weight is 308 g/mol. The lowest BCUT2D eigenvalue weighted by Gasteiger charge is -2.02. The van der Waals surface area contributed by atoms with Crippen LogP contribution in [0.15, 0.2) is 28.1 Å². The van der Waals surface area contributed by atoms with E-state index >= 15 is 0 Å². The first kappa shape index (κ1) is 14.3. The third kappa shape index (κ3) is 3.32. The van der Waals surface area contributed by atoms with Crippen molar-refractivity contribution in [3.63, 3.8) is 0 Å². The van der Waals surface area contributed by atoms with Crippen molar-refractivity contribution in [2.24, 2.45) is 4.99 Å². The zero-order chi connectivity index (χ0) is 14.8. The molecule has 1 saturated heterocycles. The van der Waals surface area contributed by atoms with Gasteiger partial charge in [-0.3, -0.25) is 9.79 Å². The van der Waals surface area contributed by atoms with Crippen molar-refractivity contribution in [3.8, 4) is 0 Å². The molecule has 1 aromatic rings. The van der Waals surface area contributed by atoms with Gasteiger partial charge in [-0.25, -0.2) is 8.78 Å². The summed E-state index contributed by atoms with van der Waals surface area (Å²) in [5.74, 6) is -2.07. The molecule has 1 N–H and O–H groups in total. The van der Waals surface area contributed by atoms with Crippen LogP contribution in [0.3, 0.4) is 0 Å². The Hall–Kier alpha value is -1.69. The van der Waals surface area contributed by atoms with E-state index in [-0.39, 0.29) is 11.9 Å². The number of carbonyl (C=O) groups excluding carboxylic acids is 1. The summed E-state index contributed by atoms with van der Waals surface area (Å²) in [6.45, 7) is 0. The van der Waals surface area contributed by atoms with E-state index in [2.05, 4.69) is 10.3 Å². The Balaban J connectivity index is 1.77. The molecule has 0 bridgehead atoms. The molecular formula is C15H14F2N2OS. The minimum Gasteiger partial charge on any atom is -0.301 e. The second-order valence-electron chi connectivity index (χ2n) is 5.11. The molecular weight excluding hydrogens is 294 g/mol. The number of nitrogens with one attached hydrogen (secondary N) is 1. The SMILES string of the molecule is O=C1NC(=NC2CCCC2)S/C1=C\c1ccc(F)c(F)c1. The molecule has 0 spiro atoms. The molecule has 0 radical (unpaired) electrons. The maximum Gasteiger partial charge on any atom is 0.264 e. The van der Waals surface area contributed by atoms with Gasteiger partial charge in [0.25, 0.3) is 5.91 Å². The predicted octanol–water partition coefficient (Wildman–Crippen LogP) is 3.47. The first-order chi connectivity index (χ1) is 10.1. The second kappa shape index (κ2) is 5.97. The summed E-state index contributed by atoms with van der Waals surface area (Å²) >= 11 is 1.24. The fourth-order valence-corrected chi connectivity index (χ4v) is 3.33. The number of carbonyl (C=O) groups is 1. The number of nitrogens with zero attached hydrogens (tertiary/aromatic N) is 1. The van der Waals surface area contributed by atoms with Crippen LogP contribution in [-0.2, 0) is 4.79 Å². The lowest BCUT2D eigenvalue weighted by molar-refractivity contribution is -0.115. The van der Waals surface area contributed by atoms with Crippen LogP contribution < -0.4 is 5.32 Å². The molecule has 0 atom stereocenters. The minimum absolute atomic E-state index is 0.249. The van der Waals surface area contributed by atoms with Gasteiger partial charge in [-0.2, -0.15) is 0 Å². The smallest absolute Gasteiger partial charge is 0.264 e. The molecule has 1 aliphatic heterocycles. The summed E-state index contributed by atoms with van der Waals surface area (Å²) in [6, 6.07) is 3.84. The first-order valence-corrected chi connectivity index (χ1v) is 7.67. The van der Waals surface area contributed by atoms with E-state index in [4.69, 9.17) is 0 Å². The number of benzene rings is 1. The highest BCUT2D eigenvalue weighted by Crippen LogP contribution is 2.29. The molecule has 110 valence electrons. The Morgan fingerprint density at radius 3 is 2.71 bits per heavy atom. The Morgan fingerprint density at radius 1 is 1.24 bits per heavy atom. The van der Waals surface area contributed by atoms with E-state index < -0.39 is 11.6 Å². The highest BCUT2D eigenvalue weighted by molar-refractivity contribution is 8.18. The number of rotatable bonds is 2. The standard InChI is InChI=1S/C15H14F2N2OS/c16-11-6-5-9(7-12(11)17)8-13-14(20)19-15(21-13)18-10-3-1-2-4-10/h5-8,10H,1-4H2,(H,18,19,20)/b13-8-. The quantitative estimate of drug-likeness (QED) is 0.850. The van der Waals surface area contributed by atoms with Crippen molar-refractivity contribution in [2.45, 2.75) is 31.7 Å². The maximum atomic E-state index is 13.2. The van der Waals surface area contributed by atoms with Gasteiger partial charge in [0.05, 0.1) is 10.9 Å². The molecule has 0 aromatic heterocycles. The number of hydrogen-bond acceptors (Lipinski definition) is 3. The molecule has 1 saturated carbocycles. The Morgan fingerprint density at radius 2 is 2.00 bits per heavy atom. The Bertz CT molecular complexity index is 637.